The summed E-state index contributed by atoms with van der Waals surface area (Å²) in [5.74, 6) is 0.930. The number of aliphatic hydroxyl groups excluding tert-OH is 1. The highest BCUT2D eigenvalue weighted by atomic mass is 16.3. The number of rotatable bonds is 1. The van der Waals surface area contributed by atoms with Gasteiger partial charge in [0, 0.05) is 12.5 Å². The van der Waals surface area contributed by atoms with Gasteiger partial charge in [0.1, 0.15) is 0 Å². The van der Waals surface area contributed by atoms with Crippen molar-refractivity contribution in [1.29, 1.82) is 0 Å². The maximum absolute atomic E-state index is 9.43. The van der Waals surface area contributed by atoms with Crippen LogP contribution in [0.2, 0.25) is 0 Å². The van der Waals surface area contributed by atoms with E-state index in [1.165, 1.54) is 27.5 Å². The number of aliphatic hydroxyl groups is 1. The lowest BCUT2D eigenvalue weighted by atomic mass is 9.72. The Bertz CT molecular complexity index is 654. The quantitative estimate of drug-likeness (QED) is 0.803. The summed E-state index contributed by atoms with van der Waals surface area (Å²) in [6, 6.07) is 11.0. The second-order valence-corrected chi connectivity index (χ2v) is 5.54. The molecule has 1 heteroatoms. The molecule has 2 aliphatic rings. The van der Waals surface area contributed by atoms with Gasteiger partial charge in [-0.05, 0) is 46.2 Å². The van der Waals surface area contributed by atoms with Crippen LogP contribution >= 0.6 is 0 Å². The second-order valence-electron chi connectivity index (χ2n) is 5.54. The summed E-state index contributed by atoms with van der Waals surface area (Å²) in [5.41, 5.74) is 4.31. The van der Waals surface area contributed by atoms with Crippen LogP contribution < -0.4 is 0 Å². The fourth-order valence-electron chi connectivity index (χ4n) is 3.62. The molecule has 0 amide bonds. The average molecular weight is 236 g/mol. The summed E-state index contributed by atoms with van der Waals surface area (Å²) in [4.78, 5) is 0. The van der Waals surface area contributed by atoms with Crippen molar-refractivity contribution in [1.82, 2.24) is 0 Å². The molecule has 0 radical (unpaired) electrons. The van der Waals surface area contributed by atoms with E-state index in [-0.39, 0.29) is 0 Å². The summed E-state index contributed by atoms with van der Waals surface area (Å²) in [6.07, 6.45) is 6.69. The first-order valence-electron chi connectivity index (χ1n) is 6.70. The van der Waals surface area contributed by atoms with Crippen molar-refractivity contribution in [2.75, 3.05) is 6.61 Å². The maximum Gasteiger partial charge on any atom is 0.0462 e. The van der Waals surface area contributed by atoms with Gasteiger partial charge in [0.2, 0.25) is 0 Å². The summed E-state index contributed by atoms with van der Waals surface area (Å²) in [7, 11) is 0. The van der Waals surface area contributed by atoms with E-state index in [9.17, 15) is 5.11 Å². The molecule has 0 heterocycles. The second kappa shape index (κ2) is 3.69. The molecule has 2 unspecified atom stereocenters. The molecule has 1 nitrogen and oxygen atoms in total. The van der Waals surface area contributed by atoms with E-state index in [2.05, 4.69) is 42.5 Å². The van der Waals surface area contributed by atoms with Crippen LogP contribution in [0.3, 0.4) is 0 Å². The first-order valence-corrected chi connectivity index (χ1v) is 6.70. The lowest BCUT2D eigenvalue weighted by Gasteiger charge is -2.32. The van der Waals surface area contributed by atoms with Crippen LogP contribution in [-0.4, -0.2) is 11.7 Å². The number of hydrogen-bond acceptors (Lipinski definition) is 1. The molecule has 2 aromatic carbocycles. The molecule has 0 bridgehead atoms. The molecule has 0 spiro atoms. The van der Waals surface area contributed by atoms with Crippen LogP contribution in [0.15, 0.2) is 36.4 Å². The topological polar surface area (TPSA) is 20.2 Å². The third-order valence-electron chi connectivity index (χ3n) is 4.44. The monoisotopic (exact) mass is 236 g/mol. The molecule has 0 saturated heterocycles. The van der Waals surface area contributed by atoms with Gasteiger partial charge in [0.25, 0.3) is 0 Å². The molecule has 0 saturated carbocycles. The highest BCUT2D eigenvalue weighted by Crippen LogP contribution is 2.44. The molecule has 18 heavy (non-hydrogen) atoms. The summed E-state index contributed by atoms with van der Waals surface area (Å²) in [5, 5.41) is 12.2. The van der Waals surface area contributed by atoms with Gasteiger partial charge in [-0.1, -0.05) is 42.5 Å². The van der Waals surface area contributed by atoms with Crippen molar-refractivity contribution in [2.45, 2.75) is 18.8 Å². The van der Waals surface area contributed by atoms with Crippen LogP contribution in [0.1, 0.15) is 29.0 Å². The van der Waals surface area contributed by atoms with Crippen molar-refractivity contribution in [3.8, 4) is 0 Å². The van der Waals surface area contributed by atoms with Crippen molar-refractivity contribution < 1.29 is 5.11 Å². The van der Waals surface area contributed by atoms with Gasteiger partial charge < -0.3 is 5.11 Å². The highest BCUT2D eigenvalue weighted by molar-refractivity contribution is 5.96. The zero-order valence-electron chi connectivity index (χ0n) is 10.3. The van der Waals surface area contributed by atoms with Crippen molar-refractivity contribution in [3.63, 3.8) is 0 Å². The van der Waals surface area contributed by atoms with E-state index < -0.39 is 0 Å². The lowest BCUT2D eigenvalue weighted by molar-refractivity contribution is 0.209. The maximum atomic E-state index is 9.43. The van der Waals surface area contributed by atoms with Gasteiger partial charge in [-0.2, -0.15) is 0 Å². The molecular weight excluding hydrogens is 220 g/mol. The van der Waals surface area contributed by atoms with Crippen LogP contribution in [-0.2, 0) is 6.42 Å². The SMILES string of the molecule is OCC1Cc2ccc3cccc4c3c2C(C=C4)C1. The molecule has 1 N–H and O–H groups in total. The zero-order chi connectivity index (χ0) is 12.1. The molecule has 2 aliphatic carbocycles. The Kier molecular flexibility index (Phi) is 2.12. The number of hydrogen-bond donors (Lipinski definition) is 1. The predicted octanol–water partition coefficient (Wildman–Crippen LogP) is 3.50. The van der Waals surface area contributed by atoms with E-state index in [0.29, 0.717) is 18.4 Å². The van der Waals surface area contributed by atoms with Crippen LogP contribution in [0.4, 0.5) is 0 Å². The Hall–Kier alpha value is -1.60. The Morgan fingerprint density at radius 3 is 3.00 bits per heavy atom. The average Bonchev–Trinajstić information content (AvgIpc) is 2.44. The fraction of sp³-hybridized carbons (Fsp3) is 0.294. The van der Waals surface area contributed by atoms with Gasteiger partial charge >= 0.3 is 0 Å². The van der Waals surface area contributed by atoms with Crippen molar-refractivity contribution in [2.24, 2.45) is 5.92 Å². The molecule has 0 fully saturated rings. The number of allylic oxidation sites excluding steroid dienone is 1. The van der Waals surface area contributed by atoms with Crippen LogP contribution in [0.5, 0.6) is 0 Å². The van der Waals surface area contributed by atoms with Crippen molar-refractivity contribution in [3.05, 3.63) is 53.1 Å². The minimum atomic E-state index is 0.309. The zero-order valence-corrected chi connectivity index (χ0v) is 10.3. The van der Waals surface area contributed by atoms with E-state index in [4.69, 9.17) is 0 Å². The normalized spacial score (nSPS) is 24.5. The fourth-order valence-corrected chi connectivity index (χ4v) is 3.62. The summed E-state index contributed by atoms with van der Waals surface area (Å²) in [6.45, 7) is 0.309. The smallest absolute Gasteiger partial charge is 0.0462 e. The van der Waals surface area contributed by atoms with E-state index in [0.717, 1.165) is 12.8 Å². The molecule has 4 rings (SSSR count). The third-order valence-corrected chi connectivity index (χ3v) is 4.44. The minimum absolute atomic E-state index is 0.309. The van der Waals surface area contributed by atoms with Crippen molar-refractivity contribution >= 4 is 16.8 Å². The molecular formula is C17H16O. The van der Waals surface area contributed by atoms with Gasteiger partial charge in [-0.3, -0.25) is 0 Å². The molecule has 90 valence electrons. The van der Waals surface area contributed by atoms with Gasteiger partial charge in [0.05, 0.1) is 0 Å². The van der Waals surface area contributed by atoms with E-state index >= 15 is 0 Å². The predicted molar refractivity (Wildman–Crippen MR) is 74.6 cm³/mol. The largest absolute Gasteiger partial charge is 0.396 e. The third kappa shape index (κ3) is 1.31. The Labute approximate surface area is 107 Å². The molecule has 2 aromatic rings. The first kappa shape index (κ1) is 10.3. The molecule has 0 aliphatic heterocycles. The minimum Gasteiger partial charge on any atom is -0.396 e. The lowest BCUT2D eigenvalue weighted by Crippen LogP contribution is -2.21. The molecule has 2 atom stereocenters. The number of benzene rings is 2. The van der Waals surface area contributed by atoms with Gasteiger partial charge in [-0.25, -0.2) is 0 Å². The van der Waals surface area contributed by atoms with Gasteiger partial charge in [-0.15, -0.1) is 0 Å². The van der Waals surface area contributed by atoms with Gasteiger partial charge in [0.15, 0.2) is 0 Å². The van der Waals surface area contributed by atoms with Crippen LogP contribution in [0, 0.1) is 5.92 Å². The first-order chi connectivity index (χ1) is 8.86. The summed E-state index contributed by atoms with van der Waals surface area (Å²) < 4.78 is 0. The Morgan fingerprint density at radius 2 is 2.11 bits per heavy atom. The Morgan fingerprint density at radius 1 is 1.17 bits per heavy atom. The van der Waals surface area contributed by atoms with Crippen LogP contribution in [0.25, 0.3) is 16.8 Å². The standard InChI is InChI=1S/C17H16O/c18-10-11-8-14-6-4-12-2-1-3-13-5-7-15(9-11)17(14)16(12)13/h1-7,11,14,18H,8-10H2. The summed E-state index contributed by atoms with van der Waals surface area (Å²) >= 11 is 0. The highest BCUT2D eigenvalue weighted by Gasteiger charge is 2.28. The Balaban J connectivity index is 2.04. The molecule has 0 aromatic heterocycles. The van der Waals surface area contributed by atoms with E-state index in [1.807, 2.05) is 0 Å². The van der Waals surface area contributed by atoms with E-state index in [1.54, 1.807) is 0 Å².